The SMILES string of the molecule is CCNC(=NCc1cc2c(cc1OCC)CC(C)O2)NCCCCSC.I. The van der Waals surface area contributed by atoms with Crippen LogP contribution in [0, 0.1) is 0 Å². The van der Waals surface area contributed by atoms with Crippen LogP contribution in [0.1, 0.15) is 44.7 Å². The van der Waals surface area contributed by atoms with Crippen molar-refractivity contribution >= 4 is 41.7 Å². The number of fused-ring (bicyclic) bond motifs is 1. The molecule has 27 heavy (non-hydrogen) atoms. The molecule has 1 atom stereocenters. The first kappa shape index (κ1) is 24.2. The molecule has 0 aromatic heterocycles. The van der Waals surface area contributed by atoms with E-state index < -0.39 is 0 Å². The number of hydrogen-bond acceptors (Lipinski definition) is 4. The monoisotopic (exact) mass is 507 g/mol. The van der Waals surface area contributed by atoms with Crippen LogP contribution in [-0.2, 0) is 13.0 Å². The van der Waals surface area contributed by atoms with Crippen LogP contribution < -0.4 is 20.1 Å². The molecule has 1 aliphatic heterocycles. The van der Waals surface area contributed by atoms with Crippen LogP contribution in [-0.4, -0.2) is 43.8 Å². The number of hydrogen-bond donors (Lipinski definition) is 2. The minimum atomic E-state index is 0. The van der Waals surface area contributed by atoms with E-state index in [0.29, 0.717) is 13.2 Å². The molecule has 0 radical (unpaired) electrons. The van der Waals surface area contributed by atoms with Crippen molar-refractivity contribution in [2.24, 2.45) is 4.99 Å². The van der Waals surface area contributed by atoms with Crippen molar-refractivity contribution < 1.29 is 9.47 Å². The van der Waals surface area contributed by atoms with Gasteiger partial charge in [0.2, 0.25) is 0 Å². The summed E-state index contributed by atoms with van der Waals surface area (Å²) < 4.78 is 11.7. The third kappa shape index (κ3) is 7.97. The normalized spacial score (nSPS) is 15.6. The summed E-state index contributed by atoms with van der Waals surface area (Å²) in [5.74, 6) is 3.96. The molecule has 5 nitrogen and oxygen atoms in total. The average Bonchev–Trinajstić information content (AvgIpc) is 2.98. The summed E-state index contributed by atoms with van der Waals surface area (Å²) in [5, 5.41) is 6.73. The summed E-state index contributed by atoms with van der Waals surface area (Å²) >= 11 is 1.89. The summed E-state index contributed by atoms with van der Waals surface area (Å²) in [6, 6.07) is 4.21. The number of thioether (sulfide) groups is 1. The molecule has 1 aromatic rings. The van der Waals surface area contributed by atoms with Crippen LogP contribution in [0.25, 0.3) is 0 Å². The van der Waals surface area contributed by atoms with Crippen LogP contribution >= 0.6 is 35.7 Å². The van der Waals surface area contributed by atoms with Gasteiger partial charge in [0.15, 0.2) is 5.96 Å². The second-order valence-electron chi connectivity index (χ2n) is 6.46. The maximum atomic E-state index is 5.90. The number of rotatable bonds is 10. The Morgan fingerprint density at radius 3 is 2.81 bits per heavy atom. The van der Waals surface area contributed by atoms with E-state index in [9.17, 15) is 0 Å². The van der Waals surface area contributed by atoms with Gasteiger partial charge in [-0.05, 0) is 57.8 Å². The number of nitrogens with zero attached hydrogens (tertiary/aromatic N) is 1. The fourth-order valence-electron chi connectivity index (χ4n) is 2.98. The van der Waals surface area contributed by atoms with Crippen LogP contribution in [0.3, 0.4) is 0 Å². The first-order valence-electron chi connectivity index (χ1n) is 9.64. The van der Waals surface area contributed by atoms with E-state index in [1.54, 1.807) is 0 Å². The minimum absolute atomic E-state index is 0. The van der Waals surface area contributed by atoms with Gasteiger partial charge in [-0.2, -0.15) is 11.8 Å². The molecule has 0 fully saturated rings. The third-order valence-corrected chi connectivity index (χ3v) is 4.90. The zero-order chi connectivity index (χ0) is 18.8. The number of nitrogens with one attached hydrogen (secondary N) is 2. The summed E-state index contributed by atoms with van der Waals surface area (Å²) in [7, 11) is 0. The van der Waals surface area contributed by atoms with Gasteiger partial charge in [0.25, 0.3) is 0 Å². The molecular formula is C20H34IN3O2S. The number of unbranched alkanes of at least 4 members (excludes halogenated alkanes) is 1. The summed E-state index contributed by atoms with van der Waals surface area (Å²) in [6.45, 7) is 9.21. The lowest BCUT2D eigenvalue weighted by Gasteiger charge is -2.14. The van der Waals surface area contributed by atoms with Crippen molar-refractivity contribution in [2.75, 3.05) is 31.7 Å². The van der Waals surface area contributed by atoms with E-state index in [1.165, 1.54) is 17.7 Å². The molecule has 0 amide bonds. The highest BCUT2D eigenvalue weighted by atomic mass is 127. The van der Waals surface area contributed by atoms with Crippen molar-refractivity contribution in [2.45, 2.75) is 52.7 Å². The van der Waals surface area contributed by atoms with Crippen LogP contribution in [0.15, 0.2) is 17.1 Å². The Morgan fingerprint density at radius 1 is 1.30 bits per heavy atom. The first-order chi connectivity index (χ1) is 12.7. The van der Waals surface area contributed by atoms with Crippen molar-refractivity contribution in [1.82, 2.24) is 10.6 Å². The Morgan fingerprint density at radius 2 is 2.11 bits per heavy atom. The van der Waals surface area contributed by atoms with Gasteiger partial charge in [-0.1, -0.05) is 0 Å². The molecule has 154 valence electrons. The van der Waals surface area contributed by atoms with E-state index in [2.05, 4.69) is 42.9 Å². The Balaban J connectivity index is 0.00000364. The van der Waals surface area contributed by atoms with E-state index in [4.69, 9.17) is 14.5 Å². The maximum Gasteiger partial charge on any atom is 0.191 e. The lowest BCUT2D eigenvalue weighted by molar-refractivity contribution is 0.254. The van der Waals surface area contributed by atoms with Crippen molar-refractivity contribution in [3.8, 4) is 11.5 Å². The summed E-state index contributed by atoms with van der Waals surface area (Å²) in [5.41, 5.74) is 2.30. The van der Waals surface area contributed by atoms with Crippen LogP contribution in [0.2, 0.25) is 0 Å². The zero-order valence-electron chi connectivity index (χ0n) is 17.0. The molecule has 0 saturated heterocycles. The van der Waals surface area contributed by atoms with Gasteiger partial charge in [0, 0.05) is 30.6 Å². The molecule has 1 aliphatic rings. The molecule has 2 rings (SSSR count). The van der Waals surface area contributed by atoms with Gasteiger partial charge in [-0.15, -0.1) is 24.0 Å². The molecule has 0 spiro atoms. The Labute approximate surface area is 185 Å². The van der Waals surface area contributed by atoms with Gasteiger partial charge < -0.3 is 20.1 Å². The second kappa shape index (κ2) is 13.4. The third-order valence-electron chi connectivity index (χ3n) is 4.20. The fourth-order valence-corrected chi connectivity index (χ4v) is 3.47. The van der Waals surface area contributed by atoms with Gasteiger partial charge in [0.1, 0.15) is 17.6 Å². The van der Waals surface area contributed by atoms with E-state index in [0.717, 1.165) is 49.0 Å². The topological polar surface area (TPSA) is 54.9 Å². The minimum Gasteiger partial charge on any atom is -0.494 e. The Hall–Kier alpha value is -0.830. The van der Waals surface area contributed by atoms with Crippen LogP contribution in [0.5, 0.6) is 11.5 Å². The first-order valence-corrected chi connectivity index (χ1v) is 11.0. The molecule has 0 bridgehead atoms. The highest BCUT2D eigenvalue weighted by Gasteiger charge is 2.21. The standard InChI is InChI=1S/C20H33N3O2S.HI/c1-5-21-20(22-9-7-8-10-26-4)23-14-17-13-19-16(11-15(3)25-19)12-18(17)24-6-2;/h12-13,15H,5-11,14H2,1-4H3,(H2,21,22,23);1H. The predicted octanol–water partition coefficient (Wildman–Crippen LogP) is 4.23. The fraction of sp³-hybridized carbons (Fsp3) is 0.650. The number of halogens is 1. The zero-order valence-corrected chi connectivity index (χ0v) is 20.1. The number of aliphatic imine (C=N–C) groups is 1. The molecule has 2 N–H and O–H groups in total. The molecule has 0 saturated carbocycles. The largest absolute Gasteiger partial charge is 0.494 e. The second-order valence-corrected chi connectivity index (χ2v) is 7.44. The Bertz CT molecular complexity index is 599. The van der Waals surface area contributed by atoms with Gasteiger partial charge in [-0.3, -0.25) is 0 Å². The van der Waals surface area contributed by atoms with E-state index >= 15 is 0 Å². The molecular weight excluding hydrogens is 473 g/mol. The Kier molecular flexibility index (Phi) is 12.0. The molecule has 0 aliphatic carbocycles. The summed E-state index contributed by atoms with van der Waals surface area (Å²) in [6.07, 6.45) is 5.70. The highest BCUT2D eigenvalue weighted by Crippen LogP contribution is 2.35. The van der Waals surface area contributed by atoms with Gasteiger partial charge in [0.05, 0.1) is 13.2 Å². The maximum absolute atomic E-state index is 5.90. The molecule has 7 heteroatoms. The number of guanidine groups is 1. The average molecular weight is 507 g/mol. The smallest absolute Gasteiger partial charge is 0.191 e. The van der Waals surface area contributed by atoms with E-state index in [1.807, 2.05) is 18.7 Å². The van der Waals surface area contributed by atoms with Gasteiger partial charge >= 0.3 is 0 Å². The van der Waals surface area contributed by atoms with Crippen molar-refractivity contribution in [3.05, 3.63) is 23.3 Å². The highest BCUT2D eigenvalue weighted by molar-refractivity contribution is 14.0. The lowest BCUT2D eigenvalue weighted by atomic mass is 10.1. The number of ether oxygens (including phenoxy) is 2. The molecule has 1 unspecified atom stereocenters. The predicted molar refractivity (Wildman–Crippen MR) is 127 cm³/mol. The summed E-state index contributed by atoms with van der Waals surface area (Å²) in [4.78, 5) is 4.74. The number of benzene rings is 1. The van der Waals surface area contributed by atoms with E-state index in [-0.39, 0.29) is 30.1 Å². The van der Waals surface area contributed by atoms with Crippen molar-refractivity contribution in [1.29, 1.82) is 0 Å². The lowest BCUT2D eigenvalue weighted by Crippen LogP contribution is -2.37. The van der Waals surface area contributed by atoms with Crippen molar-refractivity contribution in [3.63, 3.8) is 0 Å². The molecule has 1 aromatic carbocycles. The molecule has 1 heterocycles. The van der Waals surface area contributed by atoms with Gasteiger partial charge in [-0.25, -0.2) is 4.99 Å². The quantitative estimate of drug-likeness (QED) is 0.215. The van der Waals surface area contributed by atoms with Crippen LogP contribution in [0.4, 0.5) is 0 Å².